The molecule has 0 aliphatic carbocycles. The highest BCUT2D eigenvalue weighted by Gasteiger charge is 2.04. The SMILES string of the molecule is Nc1ccc(OCCNc2ccc([N+](=O)[O-])cn2)cc1. The van der Waals surface area contributed by atoms with Gasteiger partial charge in [0.2, 0.25) is 0 Å². The number of aromatic nitrogens is 1. The van der Waals surface area contributed by atoms with E-state index < -0.39 is 4.92 Å². The van der Waals surface area contributed by atoms with Crippen LogP contribution in [0.1, 0.15) is 0 Å². The second-order valence-corrected chi connectivity index (χ2v) is 4.00. The monoisotopic (exact) mass is 274 g/mol. The summed E-state index contributed by atoms with van der Waals surface area (Å²) in [6.07, 6.45) is 1.21. The summed E-state index contributed by atoms with van der Waals surface area (Å²) in [7, 11) is 0. The van der Waals surface area contributed by atoms with Crippen molar-refractivity contribution in [3.05, 3.63) is 52.7 Å². The number of nitrogens with two attached hydrogens (primary N) is 1. The Hall–Kier alpha value is -2.83. The van der Waals surface area contributed by atoms with Gasteiger partial charge < -0.3 is 15.8 Å². The van der Waals surface area contributed by atoms with Gasteiger partial charge in [-0.2, -0.15) is 0 Å². The van der Waals surface area contributed by atoms with Crippen molar-refractivity contribution in [2.45, 2.75) is 0 Å². The fourth-order valence-electron chi connectivity index (χ4n) is 1.51. The number of nitrogen functional groups attached to an aromatic ring is 1. The minimum atomic E-state index is -0.485. The number of ether oxygens (including phenoxy) is 1. The standard InChI is InChI=1S/C13H14N4O3/c14-10-1-4-12(5-2-10)20-8-7-15-13-6-3-11(9-16-13)17(18)19/h1-6,9H,7-8,14H2,(H,15,16). The first-order valence-corrected chi connectivity index (χ1v) is 5.98. The van der Waals surface area contributed by atoms with Gasteiger partial charge in [-0.15, -0.1) is 0 Å². The van der Waals surface area contributed by atoms with Crippen LogP contribution in [-0.2, 0) is 0 Å². The molecule has 0 bridgehead atoms. The lowest BCUT2D eigenvalue weighted by molar-refractivity contribution is -0.385. The van der Waals surface area contributed by atoms with E-state index in [-0.39, 0.29) is 5.69 Å². The molecule has 7 nitrogen and oxygen atoms in total. The molecule has 2 aromatic rings. The molecule has 1 aromatic carbocycles. The number of nitro groups is 1. The van der Waals surface area contributed by atoms with Gasteiger partial charge in [0, 0.05) is 11.8 Å². The lowest BCUT2D eigenvalue weighted by Crippen LogP contribution is -2.12. The van der Waals surface area contributed by atoms with E-state index in [0.29, 0.717) is 24.7 Å². The maximum absolute atomic E-state index is 10.5. The smallest absolute Gasteiger partial charge is 0.287 e. The summed E-state index contributed by atoms with van der Waals surface area (Å²) in [6.45, 7) is 0.984. The highest BCUT2D eigenvalue weighted by molar-refractivity contribution is 5.42. The Morgan fingerprint density at radius 3 is 2.60 bits per heavy atom. The molecule has 0 saturated carbocycles. The summed E-state index contributed by atoms with van der Waals surface area (Å²) in [5.41, 5.74) is 6.22. The van der Waals surface area contributed by atoms with E-state index in [0.717, 1.165) is 5.75 Å². The number of anilines is 2. The molecule has 0 atom stereocenters. The largest absolute Gasteiger partial charge is 0.492 e. The van der Waals surface area contributed by atoms with Gasteiger partial charge in [-0.3, -0.25) is 10.1 Å². The molecule has 7 heteroatoms. The van der Waals surface area contributed by atoms with E-state index in [1.807, 2.05) is 0 Å². The maximum atomic E-state index is 10.5. The van der Waals surface area contributed by atoms with Crippen LogP contribution in [0.15, 0.2) is 42.6 Å². The average Bonchev–Trinajstić information content (AvgIpc) is 2.46. The summed E-state index contributed by atoms with van der Waals surface area (Å²) in [5.74, 6) is 1.30. The first-order chi connectivity index (χ1) is 9.65. The molecule has 0 spiro atoms. The first kappa shape index (κ1) is 13.6. The van der Waals surface area contributed by atoms with Gasteiger partial charge in [-0.05, 0) is 30.3 Å². The third-order valence-corrected chi connectivity index (χ3v) is 2.52. The Morgan fingerprint density at radius 2 is 2.00 bits per heavy atom. The maximum Gasteiger partial charge on any atom is 0.287 e. The normalized spacial score (nSPS) is 10.0. The van der Waals surface area contributed by atoms with Crippen molar-refractivity contribution >= 4 is 17.2 Å². The number of hydrogen-bond donors (Lipinski definition) is 2. The van der Waals surface area contributed by atoms with Crippen LogP contribution in [0, 0.1) is 10.1 Å². The van der Waals surface area contributed by atoms with Crippen LogP contribution < -0.4 is 15.8 Å². The second kappa shape index (κ2) is 6.37. The Kier molecular flexibility index (Phi) is 4.33. The quantitative estimate of drug-likeness (QED) is 0.361. The fourth-order valence-corrected chi connectivity index (χ4v) is 1.51. The van der Waals surface area contributed by atoms with Gasteiger partial charge in [0.1, 0.15) is 24.4 Å². The Morgan fingerprint density at radius 1 is 1.25 bits per heavy atom. The number of nitrogens with one attached hydrogen (secondary N) is 1. The van der Waals surface area contributed by atoms with Gasteiger partial charge in [0.15, 0.2) is 0 Å². The zero-order valence-electron chi connectivity index (χ0n) is 10.7. The number of nitrogens with zero attached hydrogens (tertiary/aromatic N) is 2. The molecular formula is C13H14N4O3. The number of pyridine rings is 1. The minimum Gasteiger partial charge on any atom is -0.492 e. The van der Waals surface area contributed by atoms with Gasteiger partial charge >= 0.3 is 0 Å². The number of benzene rings is 1. The van der Waals surface area contributed by atoms with Gasteiger partial charge in [0.25, 0.3) is 5.69 Å². The van der Waals surface area contributed by atoms with E-state index in [2.05, 4.69) is 10.3 Å². The van der Waals surface area contributed by atoms with Crippen LogP contribution in [0.25, 0.3) is 0 Å². The molecule has 0 saturated heterocycles. The van der Waals surface area contributed by atoms with Crippen molar-refractivity contribution in [3.63, 3.8) is 0 Å². The van der Waals surface area contributed by atoms with E-state index in [4.69, 9.17) is 10.5 Å². The van der Waals surface area contributed by atoms with E-state index >= 15 is 0 Å². The minimum absolute atomic E-state index is 0.0336. The highest BCUT2D eigenvalue weighted by atomic mass is 16.6. The Balaban J connectivity index is 1.75. The Labute approximate surface area is 115 Å². The summed E-state index contributed by atoms with van der Waals surface area (Å²) >= 11 is 0. The third-order valence-electron chi connectivity index (χ3n) is 2.52. The summed E-state index contributed by atoms with van der Waals surface area (Å²) in [5, 5.41) is 13.5. The fraction of sp³-hybridized carbons (Fsp3) is 0.154. The van der Waals surface area contributed by atoms with Crippen molar-refractivity contribution in [2.75, 3.05) is 24.2 Å². The molecule has 0 radical (unpaired) electrons. The van der Waals surface area contributed by atoms with Crippen LogP contribution in [-0.4, -0.2) is 23.1 Å². The Bertz CT molecular complexity index is 569. The topological polar surface area (TPSA) is 103 Å². The van der Waals surface area contributed by atoms with Crippen molar-refractivity contribution in [1.82, 2.24) is 4.98 Å². The predicted molar refractivity (Wildman–Crippen MR) is 75.7 cm³/mol. The third kappa shape index (κ3) is 3.84. The highest BCUT2D eigenvalue weighted by Crippen LogP contribution is 2.13. The van der Waals surface area contributed by atoms with Gasteiger partial charge in [-0.25, -0.2) is 4.98 Å². The average molecular weight is 274 g/mol. The molecule has 0 fully saturated rings. The molecule has 0 unspecified atom stereocenters. The molecule has 2 rings (SSSR count). The van der Waals surface area contributed by atoms with E-state index in [9.17, 15) is 10.1 Å². The van der Waals surface area contributed by atoms with Crippen LogP contribution >= 0.6 is 0 Å². The van der Waals surface area contributed by atoms with Crippen molar-refractivity contribution < 1.29 is 9.66 Å². The van der Waals surface area contributed by atoms with Crippen LogP contribution in [0.5, 0.6) is 5.75 Å². The van der Waals surface area contributed by atoms with Crippen LogP contribution in [0.2, 0.25) is 0 Å². The summed E-state index contributed by atoms with van der Waals surface area (Å²) in [4.78, 5) is 13.9. The molecule has 104 valence electrons. The van der Waals surface area contributed by atoms with E-state index in [1.165, 1.54) is 12.3 Å². The lowest BCUT2D eigenvalue weighted by Gasteiger charge is -2.08. The molecule has 20 heavy (non-hydrogen) atoms. The predicted octanol–water partition coefficient (Wildman–Crippen LogP) is 2.06. The second-order valence-electron chi connectivity index (χ2n) is 4.00. The summed E-state index contributed by atoms with van der Waals surface area (Å²) in [6, 6.07) is 10.1. The van der Waals surface area contributed by atoms with Crippen LogP contribution in [0.4, 0.5) is 17.2 Å². The summed E-state index contributed by atoms with van der Waals surface area (Å²) < 4.78 is 5.49. The molecule has 1 aromatic heterocycles. The lowest BCUT2D eigenvalue weighted by atomic mass is 10.3. The molecule has 0 aliphatic rings. The molecule has 3 N–H and O–H groups in total. The molecule has 0 aliphatic heterocycles. The van der Waals surface area contributed by atoms with E-state index in [1.54, 1.807) is 30.3 Å². The molecule has 0 amide bonds. The van der Waals surface area contributed by atoms with Gasteiger partial charge in [0.05, 0.1) is 11.5 Å². The number of hydrogen-bond acceptors (Lipinski definition) is 6. The first-order valence-electron chi connectivity index (χ1n) is 5.98. The zero-order chi connectivity index (χ0) is 14.4. The van der Waals surface area contributed by atoms with Crippen molar-refractivity contribution in [1.29, 1.82) is 0 Å². The van der Waals surface area contributed by atoms with Crippen LogP contribution in [0.3, 0.4) is 0 Å². The molecule has 1 heterocycles. The number of rotatable bonds is 6. The van der Waals surface area contributed by atoms with Crippen molar-refractivity contribution in [2.24, 2.45) is 0 Å². The van der Waals surface area contributed by atoms with Crippen molar-refractivity contribution in [3.8, 4) is 5.75 Å². The van der Waals surface area contributed by atoms with Gasteiger partial charge in [-0.1, -0.05) is 0 Å². The molecular weight excluding hydrogens is 260 g/mol. The zero-order valence-corrected chi connectivity index (χ0v) is 10.7.